The van der Waals surface area contributed by atoms with Crippen molar-refractivity contribution in [2.24, 2.45) is 0 Å². The van der Waals surface area contributed by atoms with Crippen molar-refractivity contribution in [3.8, 4) is 0 Å². The average Bonchev–Trinajstić information content (AvgIpc) is 2.87. The van der Waals surface area contributed by atoms with Crippen LogP contribution in [0.1, 0.15) is 23.4 Å². The van der Waals surface area contributed by atoms with Crippen LogP contribution in [0.3, 0.4) is 0 Å². The topological polar surface area (TPSA) is 27.8 Å². The van der Waals surface area contributed by atoms with Crippen LogP contribution in [0.4, 0.5) is 0 Å². The van der Waals surface area contributed by atoms with E-state index in [1.54, 1.807) is 11.3 Å². The lowest BCUT2D eigenvalue weighted by molar-refractivity contribution is 0.583. The van der Waals surface area contributed by atoms with E-state index in [1.165, 1.54) is 10.4 Å². The van der Waals surface area contributed by atoms with Crippen molar-refractivity contribution >= 4 is 11.3 Å². The molecule has 0 fully saturated rings. The second-order valence-electron chi connectivity index (χ2n) is 3.34. The molecule has 0 saturated carbocycles. The van der Waals surface area contributed by atoms with Crippen molar-refractivity contribution in [3.05, 3.63) is 46.4 Å². The number of hydrogen-bond donors (Lipinski definition) is 2. The van der Waals surface area contributed by atoms with Gasteiger partial charge in [-0.3, -0.25) is 0 Å². The van der Waals surface area contributed by atoms with E-state index < -0.39 is 0 Å². The van der Waals surface area contributed by atoms with Crippen molar-refractivity contribution in [1.82, 2.24) is 10.3 Å². The second-order valence-corrected chi connectivity index (χ2v) is 4.32. The van der Waals surface area contributed by atoms with Crippen LogP contribution in [0.25, 0.3) is 0 Å². The van der Waals surface area contributed by atoms with Gasteiger partial charge in [-0.05, 0) is 30.0 Å². The van der Waals surface area contributed by atoms with E-state index >= 15 is 0 Å². The fraction of sp³-hybridized carbons (Fsp3) is 0.273. The zero-order valence-electron chi connectivity index (χ0n) is 8.16. The third-order valence-electron chi connectivity index (χ3n) is 2.24. The maximum atomic E-state index is 3.48. The van der Waals surface area contributed by atoms with Gasteiger partial charge < -0.3 is 10.3 Å². The lowest BCUT2D eigenvalue weighted by Crippen LogP contribution is -2.16. The molecular weight excluding hydrogens is 192 g/mol. The van der Waals surface area contributed by atoms with E-state index in [0.717, 1.165) is 6.54 Å². The van der Waals surface area contributed by atoms with Crippen LogP contribution in [0.15, 0.2) is 36.0 Å². The molecule has 0 amide bonds. The molecule has 0 saturated heterocycles. The monoisotopic (exact) mass is 206 g/mol. The highest BCUT2D eigenvalue weighted by molar-refractivity contribution is 7.10. The molecule has 0 bridgehead atoms. The van der Waals surface area contributed by atoms with Crippen molar-refractivity contribution in [2.75, 3.05) is 0 Å². The van der Waals surface area contributed by atoms with Gasteiger partial charge >= 0.3 is 0 Å². The van der Waals surface area contributed by atoms with Crippen LogP contribution < -0.4 is 5.32 Å². The summed E-state index contributed by atoms with van der Waals surface area (Å²) in [4.78, 5) is 4.44. The molecule has 0 aliphatic heterocycles. The van der Waals surface area contributed by atoms with Gasteiger partial charge in [-0.25, -0.2) is 0 Å². The van der Waals surface area contributed by atoms with Gasteiger partial charge in [-0.1, -0.05) is 6.07 Å². The molecule has 0 aromatic carbocycles. The number of rotatable bonds is 4. The molecule has 2 aromatic rings. The standard InChI is InChI=1S/C11H14N2S/c1-9(11-3-2-6-14-11)13-8-10-4-5-12-7-10/h2-7,9,12-13H,8H2,1H3/t9-/m1/s1. The van der Waals surface area contributed by atoms with Crippen LogP contribution in [0.5, 0.6) is 0 Å². The van der Waals surface area contributed by atoms with Crippen molar-refractivity contribution in [1.29, 1.82) is 0 Å². The van der Waals surface area contributed by atoms with Gasteiger partial charge in [0.2, 0.25) is 0 Å². The summed E-state index contributed by atoms with van der Waals surface area (Å²) < 4.78 is 0. The first-order valence-corrected chi connectivity index (χ1v) is 5.62. The van der Waals surface area contributed by atoms with Gasteiger partial charge in [0.05, 0.1) is 0 Å². The average molecular weight is 206 g/mol. The smallest absolute Gasteiger partial charge is 0.0388 e. The number of hydrogen-bond acceptors (Lipinski definition) is 2. The van der Waals surface area contributed by atoms with E-state index in [4.69, 9.17) is 0 Å². The SMILES string of the molecule is C[C@@H](NCc1cc[nH]c1)c1cccs1. The van der Waals surface area contributed by atoms with E-state index in [2.05, 4.69) is 40.8 Å². The minimum atomic E-state index is 0.435. The molecule has 0 unspecified atom stereocenters. The Morgan fingerprint density at radius 3 is 3.07 bits per heavy atom. The number of aromatic amines is 1. The number of H-pyrrole nitrogens is 1. The van der Waals surface area contributed by atoms with E-state index in [-0.39, 0.29) is 0 Å². The van der Waals surface area contributed by atoms with Crippen molar-refractivity contribution in [2.45, 2.75) is 19.5 Å². The van der Waals surface area contributed by atoms with Gasteiger partial charge in [0, 0.05) is 29.9 Å². The predicted octanol–water partition coefficient (Wildman–Crippen LogP) is 2.93. The van der Waals surface area contributed by atoms with Crippen LogP contribution in [-0.4, -0.2) is 4.98 Å². The molecule has 2 rings (SSSR count). The highest BCUT2D eigenvalue weighted by Gasteiger charge is 2.04. The fourth-order valence-electron chi connectivity index (χ4n) is 1.38. The maximum Gasteiger partial charge on any atom is 0.0388 e. The quantitative estimate of drug-likeness (QED) is 0.791. The second kappa shape index (κ2) is 4.44. The van der Waals surface area contributed by atoms with Crippen molar-refractivity contribution < 1.29 is 0 Å². The third-order valence-corrected chi connectivity index (χ3v) is 3.30. The zero-order chi connectivity index (χ0) is 9.80. The highest BCUT2D eigenvalue weighted by Crippen LogP contribution is 2.18. The minimum absolute atomic E-state index is 0.435. The van der Waals surface area contributed by atoms with Gasteiger partial charge in [0.1, 0.15) is 0 Å². The molecule has 3 heteroatoms. The maximum absolute atomic E-state index is 3.48. The highest BCUT2D eigenvalue weighted by atomic mass is 32.1. The molecule has 14 heavy (non-hydrogen) atoms. The van der Waals surface area contributed by atoms with Gasteiger partial charge in [-0.15, -0.1) is 11.3 Å². The summed E-state index contributed by atoms with van der Waals surface area (Å²) in [7, 11) is 0. The zero-order valence-corrected chi connectivity index (χ0v) is 8.97. The molecule has 2 nitrogen and oxygen atoms in total. The Morgan fingerprint density at radius 1 is 1.50 bits per heavy atom. The summed E-state index contributed by atoms with van der Waals surface area (Å²) in [6.07, 6.45) is 3.97. The molecule has 0 aliphatic rings. The Bertz CT molecular complexity index is 351. The van der Waals surface area contributed by atoms with E-state index in [1.807, 2.05) is 12.4 Å². The van der Waals surface area contributed by atoms with Crippen LogP contribution in [0.2, 0.25) is 0 Å². The molecule has 2 N–H and O–H groups in total. The summed E-state index contributed by atoms with van der Waals surface area (Å²) >= 11 is 1.80. The van der Waals surface area contributed by atoms with Gasteiger partial charge in [-0.2, -0.15) is 0 Å². The summed E-state index contributed by atoms with van der Waals surface area (Å²) in [6, 6.07) is 6.78. The van der Waals surface area contributed by atoms with Gasteiger partial charge in [0.15, 0.2) is 0 Å². The molecule has 74 valence electrons. The molecule has 2 heterocycles. The molecular formula is C11H14N2S. The first-order valence-electron chi connectivity index (χ1n) is 4.75. The van der Waals surface area contributed by atoms with Crippen LogP contribution in [0, 0.1) is 0 Å². The first-order chi connectivity index (χ1) is 6.86. The Hall–Kier alpha value is -1.06. The largest absolute Gasteiger partial charge is 0.367 e. The number of thiophene rings is 1. The Morgan fingerprint density at radius 2 is 2.43 bits per heavy atom. The Labute approximate surface area is 88.0 Å². The Balaban J connectivity index is 1.87. The summed E-state index contributed by atoms with van der Waals surface area (Å²) in [5.41, 5.74) is 1.30. The Kier molecular flexibility index (Phi) is 3.01. The van der Waals surface area contributed by atoms with Gasteiger partial charge in [0.25, 0.3) is 0 Å². The predicted molar refractivity (Wildman–Crippen MR) is 60.4 cm³/mol. The molecule has 1 atom stereocenters. The fourth-order valence-corrected chi connectivity index (χ4v) is 2.14. The lowest BCUT2D eigenvalue weighted by Gasteiger charge is -2.10. The lowest BCUT2D eigenvalue weighted by atomic mass is 10.2. The van der Waals surface area contributed by atoms with E-state index in [0.29, 0.717) is 6.04 Å². The third kappa shape index (κ3) is 2.25. The first kappa shape index (κ1) is 9.49. The molecule has 0 spiro atoms. The molecule has 0 aliphatic carbocycles. The molecule has 2 aromatic heterocycles. The molecule has 0 radical (unpaired) electrons. The minimum Gasteiger partial charge on any atom is -0.367 e. The van der Waals surface area contributed by atoms with Crippen LogP contribution in [-0.2, 0) is 6.54 Å². The van der Waals surface area contributed by atoms with Crippen LogP contribution >= 0.6 is 11.3 Å². The summed E-state index contributed by atoms with van der Waals surface area (Å²) in [5, 5.41) is 5.59. The number of aromatic nitrogens is 1. The van der Waals surface area contributed by atoms with Crippen molar-refractivity contribution in [3.63, 3.8) is 0 Å². The van der Waals surface area contributed by atoms with E-state index in [9.17, 15) is 0 Å². The summed E-state index contributed by atoms with van der Waals surface area (Å²) in [6.45, 7) is 3.11. The summed E-state index contributed by atoms with van der Waals surface area (Å²) in [5.74, 6) is 0. The number of nitrogens with one attached hydrogen (secondary N) is 2. The normalized spacial score (nSPS) is 12.9.